The molecule has 11 aromatic rings. The van der Waals surface area contributed by atoms with Gasteiger partial charge in [0.05, 0.1) is 22.2 Å². The van der Waals surface area contributed by atoms with Crippen LogP contribution in [0.1, 0.15) is 0 Å². The van der Waals surface area contributed by atoms with Crippen molar-refractivity contribution in [3.05, 3.63) is 152 Å². The Bertz CT molecular complexity index is 3130. The van der Waals surface area contributed by atoms with Crippen LogP contribution in [0.5, 0.6) is 0 Å². The van der Waals surface area contributed by atoms with Gasteiger partial charge in [0.1, 0.15) is 11.2 Å². The first kappa shape index (κ1) is 25.6. The van der Waals surface area contributed by atoms with Crippen LogP contribution >= 0.6 is 0 Å². The van der Waals surface area contributed by atoms with Gasteiger partial charge in [-0.3, -0.25) is 4.57 Å². The number of hydrogen-bond acceptors (Lipinski definition) is 3. The summed E-state index contributed by atoms with van der Waals surface area (Å²) in [5, 5.41) is 12.8. The number of fused-ring (bicyclic) bond motifs is 14. The van der Waals surface area contributed by atoms with E-state index in [1.54, 1.807) is 0 Å². The van der Waals surface area contributed by atoms with E-state index in [4.69, 9.17) is 14.4 Å². The van der Waals surface area contributed by atoms with Crippen molar-refractivity contribution in [2.24, 2.45) is 0 Å². The number of aromatic nitrogens is 3. The second-order valence-electron chi connectivity index (χ2n) is 12.5. The molecule has 0 spiro atoms. The van der Waals surface area contributed by atoms with Gasteiger partial charge in [-0.1, -0.05) is 121 Å². The highest BCUT2D eigenvalue weighted by Gasteiger charge is 2.23. The van der Waals surface area contributed by atoms with Gasteiger partial charge in [0.15, 0.2) is 0 Å². The second-order valence-corrected chi connectivity index (χ2v) is 12.5. The van der Waals surface area contributed by atoms with Crippen LogP contribution in [-0.4, -0.2) is 14.5 Å². The number of benzene rings is 8. The van der Waals surface area contributed by atoms with Crippen LogP contribution in [0.4, 0.5) is 0 Å². The van der Waals surface area contributed by atoms with E-state index in [1.807, 2.05) is 12.1 Å². The molecule has 0 saturated heterocycles. The lowest BCUT2D eigenvalue weighted by atomic mass is 9.96. The quantitative estimate of drug-likeness (QED) is 0.183. The molecule has 0 atom stereocenters. The summed E-state index contributed by atoms with van der Waals surface area (Å²) in [4.78, 5) is 10.8. The van der Waals surface area contributed by atoms with Crippen LogP contribution in [0.2, 0.25) is 0 Å². The zero-order chi connectivity index (χ0) is 31.3. The highest BCUT2D eigenvalue weighted by Crippen LogP contribution is 2.44. The molecule has 0 saturated carbocycles. The molecule has 0 N–H and O–H groups in total. The van der Waals surface area contributed by atoms with E-state index in [0.717, 1.165) is 55.1 Å². The maximum absolute atomic E-state index is 6.19. The fraction of sp³-hybridized carbons (Fsp3) is 0. The molecule has 4 heteroatoms. The first-order valence-electron chi connectivity index (χ1n) is 16.3. The fourth-order valence-electron chi connectivity index (χ4n) is 7.89. The zero-order valence-electron chi connectivity index (χ0n) is 25.7. The van der Waals surface area contributed by atoms with Crippen molar-refractivity contribution in [1.29, 1.82) is 0 Å². The smallest absolute Gasteiger partial charge is 0.235 e. The zero-order valence-corrected chi connectivity index (χ0v) is 25.7. The summed E-state index contributed by atoms with van der Waals surface area (Å²) in [7, 11) is 0. The molecule has 0 amide bonds. The molecule has 3 heterocycles. The first-order chi connectivity index (χ1) is 23.8. The Morgan fingerprint density at radius 2 is 1.06 bits per heavy atom. The minimum atomic E-state index is 0.651. The molecule has 0 aliphatic heterocycles. The molecule has 0 aliphatic rings. The number of rotatable bonds is 2. The molecule has 3 aromatic heterocycles. The third-order valence-corrected chi connectivity index (χ3v) is 9.96. The Morgan fingerprint density at radius 1 is 0.417 bits per heavy atom. The first-order valence-corrected chi connectivity index (χ1v) is 16.3. The molecule has 0 bridgehead atoms. The summed E-state index contributed by atoms with van der Waals surface area (Å²) in [6.07, 6.45) is 0. The van der Waals surface area contributed by atoms with Gasteiger partial charge in [0, 0.05) is 43.3 Å². The van der Waals surface area contributed by atoms with Gasteiger partial charge in [-0.15, -0.1) is 0 Å². The third-order valence-electron chi connectivity index (χ3n) is 9.96. The van der Waals surface area contributed by atoms with Gasteiger partial charge in [-0.2, -0.15) is 0 Å². The molecule has 0 fully saturated rings. The molecular formula is C44H25N3O. The van der Waals surface area contributed by atoms with Crippen molar-refractivity contribution in [1.82, 2.24) is 14.5 Å². The van der Waals surface area contributed by atoms with E-state index in [9.17, 15) is 0 Å². The summed E-state index contributed by atoms with van der Waals surface area (Å²) in [6.45, 7) is 0. The molecule has 48 heavy (non-hydrogen) atoms. The molecule has 8 aromatic carbocycles. The van der Waals surface area contributed by atoms with Crippen LogP contribution in [0.25, 0.3) is 104 Å². The minimum absolute atomic E-state index is 0.651. The van der Waals surface area contributed by atoms with E-state index in [0.29, 0.717) is 5.95 Å². The molecule has 222 valence electrons. The molecule has 0 unspecified atom stereocenters. The summed E-state index contributed by atoms with van der Waals surface area (Å²) in [6, 6.07) is 53.6. The molecule has 4 nitrogen and oxygen atoms in total. The third kappa shape index (κ3) is 3.43. The summed E-state index contributed by atoms with van der Waals surface area (Å²) in [5.74, 6) is 0.651. The highest BCUT2D eigenvalue weighted by molar-refractivity contribution is 6.34. The normalized spacial score (nSPS) is 12.2. The van der Waals surface area contributed by atoms with E-state index >= 15 is 0 Å². The van der Waals surface area contributed by atoms with Crippen molar-refractivity contribution in [3.63, 3.8) is 0 Å². The predicted octanol–water partition coefficient (Wildman–Crippen LogP) is 11.8. The van der Waals surface area contributed by atoms with Crippen LogP contribution in [0.15, 0.2) is 156 Å². The molecule has 0 aliphatic carbocycles. The highest BCUT2D eigenvalue weighted by atomic mass is 16.3. The Balaban J connectivity index is 1.34. The summed E-state index contributed by atoms with van der Waals surface area (Å²) < 4.78 is 8.51. The largest absolute Gasteiger partial charge is 0.456 e. The van der Waals surface area contributed by atoms with Crippen molar-refractivity contribution in [3.8, 4) is 17.2 Å². The number of furan rings is 1. The number of para-hydroxylation sites is 2. The van der Waals surface area contributed by atoms with Gasteiger partial charge in [-0.25, -0.2) is 9.97 Å². The molecule has 11 rings (SSSR count). The average molecular weight is 612 g/mol. The van der Waals surface area contributed by atoms with Crippen molar-refractivity contribution in [2.45, 2.75) is 0 Å². The lowest BCUT2D eigenvalue weighted by molar-refractivity contribution is 0.669. The molecular weight excluding hydrogens is 587 g/mol. The van der Waals surface area contributed by atoms with Crippen molar-refractivity contribution < 1.29 is 4.42 Å². The Labute approximate surface area is 274 Å². The Morgan fingerprint density at radius 3 is 1.92 bits per heavy atom. The number of hydrogen-bond donors (Lipinski definition) is 0. The fourth-order valence-corrected chi connectivity index (χ4v) is 7.89. The Hall–Kier alpha value is -6.52. The van der Waals surface area contributed by atoms with Gasteiger partial charge in [0.25, 0.3) is 0 Å². The monoisotopic (exact) mass is 611 g/mol. The predicted molar refractivity (Wildman–Crippen MR) is 199 cm³/mol. The van der Waals surface area contributed by atoms with E-state index in [2.05, 4.69) is 144 Å². The van der Waals surface area contributed by atoms with Crippen LogP contribution in [0.3, 0.4) is 0 Å². The lowest BCUT2D eigenvalue weighted by Crippen LogP contribution is -2.04. The van der Waals surface area contributed by atoms with E-state index in [1.165, 1.54) is 43.1 Å². The van der Waals surface area contributed by atoms with Crippen molar-refractivity contribution >= 4 is 87.0 Å². The summed E-state index contributed by atoms with van der Waals surface area (Å²) in [5.41, 5.74) is 6.79. The van der Waals surface area contributed by atoms with Crippen molar-refractivity contribution in [2.75, 3.05) is 0 Å². The lowest BCUT2D eigenvalue weighted by Gasteiger charge is -2.14. The van der Waals surface area contributed by atoms with Crippen LogP contribution in [0, 0.1) is 0 Å². The standard InChI is InChI=1S/C44H25N3O/c1-2-12-28-26(11-1)21-23-35-40-32-16-5-3-13-29(32)30-14-4-6-17-33(30)43(40)47(42(28)35)44-45-37-19-9-7-18-34(37)41(46-44)27-22-24-39-36(25-27)31-15-8-10-20-38(31)48-39/h1-25H. The minimum Gasteiger partial charge on any atom is -0.456 e. The molecule has 0 radical (unpaired) electrons. The maximum Gasteiger partial charge on any atom is 0.235 e. The van der Waals surface area contributed by atoms with Crippen LogP contribution < -0.4 is 0 Å². The van der Waals surface area contributed by atoms with Gasteiger partial charge >= 0.3 is 0 Å². The topological polar surface area (TPSA) is 43.9 Å². The average Bonchev–Trinajstić information content (AvgIpc) is 3.71. The maximum atomic E-state index is 6.19. The number of nitrogens with zero attached hydrogens (tertiary/aromatic N) is 3. The van der Waals surface area contributed by atoms with E-state index in [-0.39, 0.29) is 0 Å². The van der Waals surface area contributed by atoms with E-state index < -0.39 is 0 Å². The van der Waals surface area contributed by atoms with Gasteiger partial charge < -0.3 is 4.42 Å². The summed E-state index contributed by atoms with van der Waals surface area (Å²) >= 11 is 0. The van der Waals surface area contributed by atoms with Crippen LogP contribution in [-0.2, 0) is 0 Å². The van der Waals surface area contributed by atoms with Gasteiger partial charge in [0.2, 0.25) is 5.95 Å². The second kappa shape index (κ2) is 9.50. The Kier molecular flexibility index (Phi) is 5.08. The van der Waals surface area contributed by atoms with Gasteiger partial charge in [-0.05, 0) is 51.9 Å². The SMILES string of the molecule is c1ccc2c(c1)ccc1c3c4ccccc4c4ccccc4c3n(-c3nc(-c4ccc5oc6ccccc6c5c4)c4ccccc4n3)c21.